The second-order valence-electron chi connectivity index (χ2n) is 8.95. The number of thioether (sulfide) groups is 1. The van der Waals surface area contributed by atoms with Crippen LogP contribution in [0.2, 0.25) is 0 Å². The highest BCUT2D eigenvalue weighted by Gasteiger charge is 2.56. The highest BCUT2D eigenvalue weighted by Crippen LogP contribution is 2.53. The van der Waals surface area contributed by atoms with Crippen molar-refractivity contribution in [2.75, 3.05) is 37.8 Å². The number of ether oxygens (including phenoxy) is 2. The number of fused-ring (bicyclic) bond motifs is 2. The number of thiazole rings is 1. The van der Waals surface area contributed by atoms with Gasteiger partial charge in [0.25, 0.3) is 5.91 Å². The SMILES string of the molecule is O=C(COc1ccc([C@H]2c3sc(=O)[nH]c3SC3C(=O)N(c4ccccc4)C(=O)C32)cc1)N1CCOCC1. The molecule has 1 N–H and O–H groups in total. The number of para-hydroxylation sites is 1. The molecule has 190 valence electrons. The van der Waals surface area contributed by atoms with Gasteiger partial charge in [-0.05, 0) is 29.8 Å². The summed E-state index contributed by atoms with van der Waals surface area (Å²) in [5, 5.41) is -0.00808. The van der Waals surface area contributed by atoms with Crippen molar-refractivity contribution in [1.29, 1.82) is 0 Å². The number of hydrogen-bond acceptors (Lipinski definition) is 8. The number of rotatable bonds is 5. The Morgan fingerprint density at radius 3 is 2.46 bits per heavy atom. The van der Waals surface area contributed by atoms with Crippen molar-refractivity contribution in [2.24, 2.45) is 5.92 Å². The van der Waals surface area contributed by atoms with E-state index in [0.717, 1.165) is 21.8 Å². The van der Waals surface area contributed by atoms with Crippen LogP contribution in [-0.4, -0.2) is 65.8 Å². The number of aromatic nitrogens is 1. The minimum atomic E-state index is -0.647. The van der Waals surface area contributed by atoms with E-state index >= 15 is 0 Å². The zero-order chi connectivity index (χ0) is 25.5. The molecule has 2 unspecified atom stereocenters. The van der Waals surface area contributed by atoms with Crippen LogP contribution in [-0.2, 0) is 19.1 Å². The monoisotopic (exact) mass is 537 g/mol. The second kappa shape index (κ2) is 9.81. The van der Waals surface area contributed by atoms with Gasteiger partial charge in [0.05, 0.1) is 29.8 Å². The molecule has 3 amide bonds. The molecule has 0 aliphatic carbocycles. The zero-order valence-electron chi connectivity index (χ0n) is 19.6. The van der Waals surface area contributed by atoms with Crippen LogP contribution in [0.25, 0.3) is 0 Å². The molecule has 6 rings (SSSR count). The van der Waals surface area contributed by atoms with Crippen molar-refractivity contribution in [3.05, 3.63) is 74.7 Å². The summed E-state index contributed by atoms with van der Waals surface area (Å²) in [7, 11) is 0. The maximum Gasteiger partial charge on any atom is 0.305 e. The van der Waals surface area contributed by atoms with Gasteiger partial charge in [0.1, 0.15) is 11.0 Å². The molecule has 0 spiro atoms. The van der Waals surface area contributed by atoms with Crippen LogP contribution in [0.1, 0.15) is 16.4 Å². The van der Waals surface area contributed by atoms with E-state index in [1.807, 2.05) is 18.2 Å². The van der Waals surface area contributed by atoms with E-state index in [4.69, 9.17) is 9.47 Å². The van der Waals surface area contributed by atoms with Crippen molar-refractivity contribution < 1.29 is 23.9 Å². The molecule has 3 atom stereocenters. The highest BCUT2D eigenvalue weighted by atomic mass is 32.2. The lowest BCUT2D eigenvalue weighted by atomic mass is 9.83. The molecule has 4 heterocycles. The number of morpholine rings is 1. The first-order valence-electron chi connectivity index (χ1n) is 11.9. The van der Waals surface area contributed by atoms with Gasteiger partial charge in [-0.2, -0.15) is 0 Å². The molecule has 37 heavy (non-hydrogen) atoms. The Morgan fingerprint density at radius 2 is 1.73 bits per heavy atom. The second-order valence-corrected chi connectivity index (χ2v) is 11.1. The molecule has 0 saturated carbocycles. The molecule has 2 saturated heterocycles. The van der Waals surface area contributed by atoms with E-state index in [1.165, 1.54) is 16.7 Å². The van der Waals surface area contributed by atoms with Crippen molar-refractivity contribution in [3.63, 3.8) is 0 Å². The number of aromatic amines is 1. The lowest BCUT2D eigenvalue weighted by Crippen LogP contribution is -2.42. The van der Waals surface area contributed by atoms with E-state index in [0.29, 0.717) is 42.8 Å². The lowest BCUT2D eigenvalue weighted by molar-refractivity contribution is -0.137. The van der Waals surface area contributed by atoms with E-state index in [9.17, 15) is 19.2 Å². The first-order valence-corrected chi connectivity index (χ1v) is 13.6. The number of carbonyl (C=O) groups is 3. The molecule has 2 aromatic carbocycles. The lowest BCUT2D eigenvalue weighted by Gasteiger charge is -2.30. The minimum Gasteiger partial charge on any atom is -0.484 e. The Kier molecular flexibility index (Phi) is 6.35. The molecule has 9 nitrogen and oxygen atoms in total. The van der Waals surface area contributed by atoms with Crippen LogP contribution in [0.5, 0.6) is 5.75 Å². The van der Waals surface area contributed by atoms with Gasteiger partial charge in [0.2, 0.25) is 11.8 Å². The fourth-order valence-electron chi connectivity index (χ4n) is 5.03. The molecule has 11 heteroatoms. The molecule has 3 aliphatic heterocycles. The molecule has 3 aromatic rings. The normalized spacial score (nSPS) is 23.1. The van der Waals surface area contributed by atoms with Crippen LogP contribution in [0, 0.1) is 5.92 Å². The number of benzene rings is 2. The predicted molar refractivity (Wildman–Crippen MR) is 138 cm³/mol. The average Bonchev–Trinajstić information content (AvgIpc) is 3.42. The van der Waals surface area contributed by atoms with Gasteiger partial charge >= 0.3 is 4.87 Å². The van der Waals surface area contributed by atoms with Crippen LogP contribution in [0.4, 0.5) is 5.69 Å². The summed E-state index contributed by atoms with van der Waals surface area (Å²) in [4.78, 5) is 58.1. The number of nitrogens with one attached hydrogen (secondary N) is 1. The number of nitrogens with zero attached hydrogens (tertiary/aromatic N) is 2. The third-order valence-corrected chi connectivity index (χ3v) is 9.20. The summed E-state index contributed by atoms with van der Waals surface area (Å²) in [6.45, 7) is 2.08. The Bertz CT molecular complexity index is 1400. The molecular formula is C26H23N3O6S2. The maximum absolute atomic E-state index is 13.7. The van der Waals surface area contributed by atoms with Gasteiger partial charge < -0.3 is 19.4 Å². The number of H-pyrrole nitrogens is 1. The largest absolute Gasteiger partial charge is 0.484 e. The van der Waals surface area contributed by atoms with Crippen LogP contribution < -0.4 is 14.5 Å². The smallest absolute Gasteiger partial charge is 0.305 e. The van der Waals surface area contributed by atoms with E-state index < -0.39 is 17.1 Å². The van der Waals surface area contributed by atoms with Gasteiger partial charge in [-0.15, -0.1) is 0 Å². The van der Waals surface area contributed by atoms with Crippen molar-refractivity contribution in [3.8, 4) is 5.75 Å². The minimum absolute atomic E-state index is 0.0767. The number of amides is 3. The fourth-order valence-corrected chi connectivity index (χ4v) is 7.54. The molecule has 3 aliphatic rings. The molecule has 1 aromatic heterocycles. The topological polar surface area (TPSA) is 109 Å². The Hall–Kier alpha value is -3.41. The van der Waals surface area contributed by atoms with E-state index in [1.54, 1.807) is 41.3 Å². The average molecular weight is 538 g/mol. The predicted octanol–water partition coefficient (Wildman–Crippen LogP) is 2.47. The quantitative estimate of drug-likeness (QED) is 0.498. The Labute approximate surface area is 220 Å². The van der Waals surface area contributed by atoms with Gasteiger partial charge in [-0.25, -0.2) is 4.90 Å². The first kappa shape index (κ1) is 24.0. The number of imide groups is 1. The zero-order valence-corrected chi connectivity index (χ0v) is 21.3. The van der Waals surface area contributed by atoms with Crippen LogP contribution in [0.3, 0.4) is 0 Å². The van der Waals surface area contributed by atoms with E-state index in [-0.39, 0.29) is 29.2 Å². The standard InChI is InChI=1S/C26H23N3O6S2/c30-18(28-10-12-34-13-11-28)14-35-17-8-6-15(7-9-17)19-20-22(36-23-21(19)37-26(33)27-23)25(32)29(24(20)31)16-4-2-1-3-5-16/h1-9,19-20,22H,10-14H2,(H,27,33)/t19-,20?,22?/m1/s1. The number of anilines is 1. The maximum atomic E-state index is 13.7. The third kappa shape index (κ3) is 4.36. The summed E-state index contributed by atoms with van der Waals surface area (Å²) in [5.41, 5.74) is 1.34. The molecule has 2 fully saturated rings. The van der Waals surface area contributed by atoms with Gasteiger partial charge in [-0.3, -0.25) is 19.2 Å². The van der Waals surface area contributed by atoms with Crippen LogP contribution in [0.15, 0.2) is 64.4 Å². The van der Waals surface area contributed by atoms with Gasteiger partial charge in [0.15, 0.2) is 6.61 Å². The third-order valence-electron chi connectivity index (χ3n) is 6.80. The van der Waals surface area contributed by atoms with Gasteiger partial charge in [0, 0.05) is 23.9 Å². The first-order chi connectivity index (χ1) is 18.0. The van der Waals surface area contributed by atoms with Crippen molar-refractivity contribution in [2.45, 2.75) is 16.2 Å². The Balaban J connectivity index is 1.27. The number of hydrogen-bond donors (Lipinski definition) is 1. The van der Waals surface area contributed by atoms with Crippen LogP contribution >= 0.6 is 23.1 Å². The molecular weight excluding hydrogens is 514 g/mol. The summed E-state index contributed by atoms with van der Waals surface area (Å²) in [6, 6.07) is 16.1. The fraction of sp³-hybridized carbons (Fsp3) is 0.308. The number of carbonyl (C=O) groups excluding carboxylic acids is 3. The summed E-state index contributed by atoms with van der Waals surface area (Å²) in [6.07, 6.45) is 0. The highest BCUT2D eigenvalue weighted by molar-refractivity contribution is 8.00. The van der Waals surface area contributed by atoms with Gasteiger partial charge in [-0.1, -0.05) is 53.4 Å². The molecule has 0 radical (unpaired) electrons. The van der Waals surface area contributed by atoms with Crippen molar-refractivity contribution in [1.82, 2.24) is 9.88 Å². The summed E-state index contributed by atoms with van der Waals surface area (Å²) < 4.78 is 11.0. The van der Waals surface area contributed by atoms with Crippen molar-refractivity contribution >= 4 is 46.5 Å². The summed E-state index contributed by atoms with van der Waals surface area (Å²) >= 11 is 2.32. The molecule has 0 bridgehead atoms. The van der Waals surface area contributed by atoms with E-state index in [2.05, 4.69) is 4.98 Å². The summed E-state index contributed by atoms with van der Waals surface area (Å²) in [5.74, 6) is -1.24. The Morgan fingerprint density at radius 1 is 1.00 bits per heavy atom.